The van der Waals surface area contributed by atoms with Gasteiger partial charge in [0.15, 0.2) is 0 Å². The molecular weight excluding hydrogens is 290 g/mol. The molecule has 2 aliphatic heterocycles. The van der Waals surface area contributed by atoms with Gasteiger partial charge in [0, 0.05) is 25.3 Å². The highest BCUT2D eigenvalue weighted by atomic mass is 16.5. The van der Waals surface area contributed by atoms with E-state index >= 15 is 0 Å². The van der Waals surface area contributed by atoms with Gasteiger partial charge in [-0.15, -0.1) is 0 Å². The topological polar surface area (TPSA) is 46.6 Å². The summed E-state index contributed by atoms with van der Waals surface area (Å²) in [5.74, 6) is 2.44. The van der Waals surface area contributed by atoms with Gasteiger partial charge in [-0.1, -0.05) is 0 Å². The summed E-state index contributed by atoms with van der Waals surface area (Å²) in [5, 5.41) is 3.36. The van der Waals surface area contributed by atoms with Crippen LogP contribution in [0, 0.1) is 5.92 Å². The Balaban J connectivity index is 1.24. The van der Waals surface area contributed by atoms with Gasteiger partial charge in [0.2, 0.25) is 0 Å². The summed E-state index contributed by atoms with van der Waals surface area (Å²) in [6.07, 6.45) is 7.68. The number of nitrogens with zero attached hydrogens (tertiary/aromatic N) is 2. The molecule has 5 nitrogen and oxygen atoms in total. The number of pyridine rings is 1. The SMILES string of the molecule is c1ncc([C@H]2C[C@@H]2CCN2CCOCC2)cc1OC[C@@H]1CCN1. The van der Waals surface area contributed by atoms with E-state index in [9.17, 15) is 0 Å². The van der Waals surface area contributed by atoms with Crippen LogP contribution in [0.3, 0.4) is 0 Å². The fourth-order valence-corrected chi connectivity index (χ4v) is 3.55. The van der Waals surface area contributed by atoms with Crippen LogP contribution in [-0.2, 0) is 4.74 Å². The third kappa shape index (κ3) is 4.03. The van der Waals surface area contributed by atoms with Gasteiger partial charge >= 0.3 is 0 Å². The minimum absolute atomic E-state index is 0.529. The highest BCUT2D eigenvalue weighted by Crippen LogP contribution is 2.49. The summed E-state index contributed by atoms with van der Waals surface area (Å²) in [6.45, 7) is 7.08. The fourth-order valence-electron chi connectivity index (χ4n) is 3.55. The lowest BCUT2D eigenvalue weighted by Crippen LogP contribution is -2.46. The molecule has 3 fully saturated rings. The van der Waals surface area contributed by atoms with E-state index < -0.39 is 0 Å². The molecule has 0 spiro atoms. The van der Waals surface area contributed by atoms with E-state index in [1.165, 1.54) is 31.4 Å². The molecule has 3 aliphatic rings. The van der Waals surface area contributed by atoms with Crippen molar-refractivity contribution in [3.05, 3.63) is 24.0 Å². The summed E-state index contributed by atoms with van der Waals surface area (Å²) in [4.78, 5) is 6.91. The molecule has 126 valence electrons. The second-order valence-corrected chi connectivity index (χ2v) is 7.05. The summed E-state index contributed by atoms with van der Waals surface area (Å²) in [6, 6.07) is 2.73. The van der Waals surface area contributed by atoms with Gasteiger partial charge in [-0.25, -0.2) is 0 Å². The molecule has 0 bridgehead atoms. The molecule has 1 aliphatic carbocycles. The second kappa shape index (κ2) is 7.16. The van der Waals surface area contributed by atoms with Gasteiger partial charge in [0.05, 0.1) is 19.4 Å². The first-order valence-corrected chi connectivity index (χ1v) is 9.00. The van der Waals surface area contributed by atoms with Crippen molar-refractivity contribution < 1.29 is 9.47 Å². The van der Waals surface area contributed by atoms with E-state index in [0.29, 0.717) is 12.0 Å². The minimum Gasteiger partial charge on any atom is -0.490 e. The Hall–Kier alpha value is -1.17. The van der Waals surface area contributed by atoms with Crippen LogP contribution in [0.25, 0.3) is 0 Å². The van der Waals surface area contributed by atoms with Gasteiger partial charge in [-0.05, 0) is 55.8 Å². The highest BCUT2D eigenvalue weighted by molar-refractivity contribution is 5.30. The molecular formula is C18H27N3O2. The van der Waals surface area contributed by atoms with E-state index in [1.54, 1.807) is 0 Å². The van der Waals surface area contributed by atoms with E-state index in [0.717, 1.165) is 51.1 Å². The number of hydrogen-bond donors (Lipinski definition) is 1. The molecule has 0 aromatic carbocycles. The summed E-state index contributed by atoms with van der Waals surface area (Å²) >= 11 is 0. The van der Waals surface area contributed by atoms with Crippen molar-refractivity contribution in [1.82, 2.24) is 15.2 Å². The van der Waals surface area contributed by atoms with E-state index in [-0.39, 0.29) is 0 Å². The predicted octanol–water partition coefficient (Wildman–Crippen LogP) is 1.65. The number of morpholine rings is 1. The normalized spacial score (nSPS) is 30.7. The van der Waals surface area contributed by atoms with Gasteiger partial charge in [-0.2, -0.15) is 0 Å². The van der Waals surface area contributed by atoms with Crippen LogP contribution in [-0.4, -0.2) is 61.9 Å². The van der Waals surface area contributed by atoms with Gasteiger partial charge in [-0.3, -0.25) is 9.88 Å². The largest absolute Gasteiger partial charge is 0.490 e. The third-order valence-corrected chi connectivity index (χ3v) is 5.38. The van der Waals surface area contributed by atoms with Gasteiger partial charge in [0.25, 0.3) is 0 Å². The second-order valence-electron chi connectivity index (χ2n) is 7.05. The summed E-state index contributed by atoms with van der Waals surface area (Å²) < 4.78 is 11.3. The average Bonchev–Trinajstić information content (AvgIpc) is 3.33. The first-order valence-electron chi connectivity index (χ1n) is 9.00. The molecule has 0 unspecified atom stereocenters. The Kier molecular flexibility index (Phi) is 4.78. The lowest BCUT2D eigenvalue weighted by Gasteiger charge is -2.27. The van der Waals surface area contributed by atoms with Crippen molar-refractivity contribution in [2.75, 3.05) is 46.0 Å². The first-order chi connectivity index (χ1) is 11.4. The molecule has 4 rings (SSSR count). The van der Waals surface area contributed by atoms with Crippen LogP contribution in [0.5, 0.6) is 5.75 Å². The van der Waals surface area contributed by atoms with Gasteiger partial charge in [0.1, 0.15) is 12.4 Å². The van der Waals surface area contributed by atoms with Crippen molar-refractivity contribution >= 4 is 0 Å². The molecule has 2 saturated heterocycles. The molecule has 23 heavy (non-hydrogen) atoms. The monoisotopic (exact) mass is 317 g/mol. The van der Waals surface area contributed by atoms with Crippen molar-refractivity contribution in [3.63, 3.8) is 0 Å². The quantitative estimate of drug-likeness (QED) is 0.828. The minimum atomic E-state index is 0.529. The lowest BCUT2D eigenvalue weighted by molar-refractivity contribution is 0.0367. The Bertz CT molecular complexity index is 515. The standard InChI is InChI=1S/C18H27N3O2/c1-3-20-16(1)13-23-17-9-15(11-19-12-17)18-10-14(18)2-4-21-5-7-22-8-6-21/h9,11-12,14,16,18,20H,1-8,10,13H2/t14-,16-,18-/m0/s1. The van der Waals surface area contributed by atoms with Crippen LogP contribution in [0.15, 0.2) is 18.5 Å². The highest BCUT2D eigenvalue weighted by Gasteiger charge is 2.38. The zero-order valence-corrected chi connectivity index (χ0v) is 13.7. The molecule has 1 aromatic rings. The van der Waals surface area contributed by atoms with Crippen LogP contribution in [0.1, 0.15) is 30.7 Å². The molecule has 1 saturated carbocycles. The molecule has 1 aromatic heterocycles. The molecule has 1 N–H and O–H groups in total. The fraction of sp³-hybridized carbons (Fsp3) is 0.722. The van der Waals surface area contributed by atoms with Gasteiger partial charge < -0.3 is 14.8 Å². The van der Waals surface area contributed by atoms with Crippen LogP contribution in [0.4, 0.5) is 0 Å². The van der Waals surface area contributed by atoms with Crippen LogP contribution in [0.2, 0.25) is 0 Å². The first kappa shape index (κ1) is 15.4. The smallest absolute Gasteiger partial charge is 0.137 e. The molecule has 0 amide bonds. The zero-order valence-electron chi connectivity index (χ0n) is 13.7. The maximum atomic E-state index is 5.87. The summed E-state index contributed by atoms with van der Waals surface area (Å²) in [7, 11) is 0. The Morgan fingerprint density at radius 3 is 2.96 bits per heavy atom. The lowest BCUT2D eigenvalue weighted by atomic mass is 10.1. The molecule has 5 heteroatoms. The van der Waals surface area contributed by atoms with Crippen molar-refractivity contribution in [1.29, 1.82) is 0 Å². The Labute approximate surface area is 138 Å². The van der Waals surface area contributed by atoms with Crippen LogP contribution < -0.4 is 10.1 Å². The summed E-state index contributed by atoms with van der Waals surface area (Å²) in [5.41, 5.74) is 1.36. The Morgan fingerprint density at radius 2 is 2.17 bits per heavy atom. The molecule has 3 heterocycles. The van der Waals surface area contributed by atoms with Crippen LogP contribution >= 0.6 is 0 Å². The van der Waals surface area contributed by atoms with Crippen molar-refractivity contribution in [3.8, 4) is 5.75 Å². The number of aromatic nitrogens is 1. The van der Waals surface area contributed by atoms with E-state index in [4.69, 9.17) is 9.47 Å². The number of rotatable bonds is 7. The maximum Gasteiger partial charge on any atom is 0.137 e. The van der Waals surface area contributed by atoms with E-state index in [1.807, 2.05) is 12.4 Å². The zero-order chi connectivity index (χ0) is 15.5. The van der Waals surface area contributed by atoms with E-state index in [2.05, 4.69) is 21.3 Å². The van der Waals surface area contributed by atoms with Crippen molar-refractivity contribution in [2.45, 2.75) is 31.2 Å². The number of ether oxygens (including phenoxy) is 2. The number of nitrogens with one attached hydrogen (secondary N) is 1. The average molecular weight is 317 g/mol. The molecule has 3 atom stereocenters. The molecule has 0 radical (unpaired) electrons. The van der Waals surface area contributed by atoms with Crippen molar-refractivity contribution in [2.24, 2.45) is 5.92 Å². The number of hydrogen-bond acceptors (Lipinski definition) is 5. The third-order valence-electron chi connectivity index (χ3n) is 5.38. The predicted molar refractivity (Wildman–Crippen MR) is 88.9 cm³/mol. The Morgan fingerprint density at radius 1 is 1.30 bits per heavy atom. The maximum absolute atomic E-state index is 5.87.